The standard InChI is InChI=1S/C17H19Cl2N5O3S2.C2HF3O2/c18-13-11-21-6-3-15(13)24(20)9-8-23-7-4-14(17(23)25)22-29(26,27)10-5-12-1-2-16(19)28-12;3-2(4,5)1(6)7/h1-3,5-6,10-11,14,22H,4,7-9,20H2;(H,6,7)/t14-;/m0./s1. The van der Waals surface area contributed by atoms with Gasteiger partial charge >= 0.3 is 12.1 Å². The number of nitrogens with zero attached hydrogens (tertiary/aromatic N) is 3. The molecule has 0 aromatic carbocycles. The first kappa shape index (κ1) is 29.8. The van der Waals surface area contributed by atoms with Crippen molar-refractivity contribution >= 4 is 68.2 Å². The number of pyridine rings is 1. The summed E-state index contributed by atoms with van der Waals surface area (Å²) >= 11 is 13.2. The zero-order valence-electron chi connectivity index (χ0n) is 18.2. The number of hydrazine groups is 1. The van der Waals surface area contributed by atoms with E-state index in [1.165, 1.54) is 28.6 Å². The van der Waals surface area contributed by atoms with Gasteiger partial charge in [-0.2, -0.15) is 17.9 Å². The highest BCUT2D eigenvalue weighted by atomic mass is 35.5. The van der Waals surface area contributed by atoms with Crippen molar-refractivity contribution in [2.75, 3.05) is 24.6 Å². The summed E-state index contributed by atoms with van der Waals surface area (Å²) < 4.78 is 59.3. The molecule has 1 atom stereocenters. The summed E-state index contributed by atoms with van der Waals surface area (Å²) in [5.74, 6) is 2.97. The van der Waals surface area contributed by atoms with Crippen molar-refractivity contribution in [2.24, 2.45) is 5.84 Å². The van der Waals surface area contributed by atoms with Crippen LogP contribution in [-0.4, -0.2) is 67.1 Å². The number of hydrogen-bond donors (Lipinski definition) is 3. The zero-order valence-corrected chi connectivity index (χ0v) is 21.3. The van der Waals surface area contributed by atoms with Gasteiger partial charge in [0.05, 0.1) is 21.6 Å². The number of likely N-dealkylation sites (tertiary alicyclic amines) is 1. The van der Waals surface area contributed by atoms with E-state index in [9.17, 15) is 26.4 Å². The Morgan fingerprint density at radius 2 is 2.03 bits per heavy atom. The highest BCUT2D eigenvalue weighted by molar-refractivity contribution is 7.92. The molecule has 0 bridgehead atoms. The molecular formula is C19H20Cl2F3N5O5S2. The number of aliphatic carboxylic acids is 1. The third kappa shape index (κ3) is 9.22. The minimum atomic E-state index is -5.08. The summed E-state index contributed by atoms with van der Waals surface area (Å²) in [5.41, 5.74) is 0.601. The van der Waals surface area contributed by atoms with Gasteiger partial charge in [-0.1, -0.05) is 23.2 Å². The summed E-state index contributed by atoms with van der Waals surface area (Å²) in [4.78, 5) is 27.6. The average Bonchev–Trinajstić information content (AvgIpc) is 3.36. The van der Waals surface area contributed by atoms with Crippen molar-refractivity contribution in [1.29, 1.82) is 0 Å². The van der Waals surface area contributed by atoms with Crippen LogP contribution in [0.4, 0.5) is 18.9 Å². The van der Waals surface area contributed by atoms with Crippen LogP contribution in [0.3, 0.4) is 0 Å². The second-order valence-electron chi connectivity index (χ2n) is 7.10. The van der Waals surface area contributed by atoms with Crippen LogP contribution in [0, 0.1) is 0 Å². The number of halogens is 5. The summed E-state index contributed by atoms with van der Waals surface area (Å²) in [6.07, 6.45) is -0.192. The second-order valence-corrected chi connectivity index (χ2v) is 10.8. The van der Waals surface area contributed by atoms with Gasteiger partial charge in [0.25, 0.3) is 0 Å². The Morgan fingerprint density at radius 3 is 2.58 bits per heavy atom. The van der Waals surface area contributed by atoms with Gasteiger partial charge in [0.2, 0.25) is 15.9 Å². The number of carbonyl (C=O) groups is 2. The van der Waals surface area contributed by atoms with Crippen molar-refractivity contribution in [3.63, 3.8) is 0 Å². The normalized spacial score (nSPS) is 16.2. The van der Waals surface area contributed by atoms with Crippen molar-refractivity contribution in [3.05, 3.63) is 50.2 Å². The number of alkyl halides is 3. The molecule has 1 saturated heterocycles. The van der Waals surface area contributed by atoms with Crippen LogP contribution < -0.4 is 15.6 Å². The van der Waals surface area contributed by atoms with Crippen molar-refractivity contribution in [3.8, 4) is 0 Å². The molecule has 17 heteroatoms. The van der Waals surface area contributed by atoms with Gasteiger partial charge in [0, 0.05) is 35.8 Å². The molecule has 3 rings (SSSR count). The van der Waals surface area contributed by atoms with E-state index in [1.54, 1.807) is 29.3 Å². The van der Waals surface area contributed by atoms with Gasteiger partial charge in [0.1, 0.15) is 6.04 Å². The fourth-order valence-electron chi connectivity index (χ4n) is 2.83. The molecule has 36 heavy (non-hydrogen) atoms. The monoisotopic (exact) mass is 589 g/mol. The van der Waals surface area contributed by atoms with Gasteiger partial charge in [-0.15, -0.1) is 11.3 Å². The minimum Gasteiger partial charge on any atom is -0.475 e. The summed E-state index contributed by atoms with van der Waals surface area (Å²) in [7, 11) is -3.76. The van der Waals surface area contributed by atoms with Gasteiger partial charge in [-0.25, -0.2) is 19.1 Å². The van der Waals surface area contributed by atoms with E-state index in [0.717, 1.165) is 5.41 Å². The predicted molar refractivity (Wildman–Crippen MR) is 130 cm³/mol. The SMILES string of the molecule is NN(CCN1CC[C@H](NS(=O)(=O)C=Cc2ccc(Cl)s2)C1=O)c1ccncc1Cl.O=C(O)C(F)(F)F. The van der Waals surface area contributed by atoms with Gasteiger partial charge in [-0.05, 0) is 30.7 Å². The number of aromatic nitrogens is 1. The molecule has 2 aromatic heterocycles. The molecule has 10 nitrogen and oxygen atoms in total. The Bertz CT molecular complexity index is 1210. The number of carboxylic acids is 1. The van der Waals surface area contributed by atoms with Crippen LogP contribution in [0.5, 0.6) is 0 Å². The average molecular weight is 590 g/mol. The Morgan fingerprint density at radius 1 is 1.36 bits per heavy atom. The zero-order chi connectivity index (χ0) is 27.1. The second kappa shape index (κ2) is 12.7. The first-order valence-electron chi connectivity index (χ1n) is 9.86. The third-order valence-corrected chi connectivity index (χ3v) is 7.12. The number of hydrogen-bond acceptors (Lipinski definition) is 8. The van der Waals surface area contributed by atoms with Crippen LogP contribution in [0.1, 0.15) is 11.3 Å². The molecule has 1 aliphatic heterocycles. The smallest absolute Gasteiger partial charge is 0.475 e. The molecule has 2 aromatic rings. The van der Waals surface area contributed by atoms with Crippen molar-refractivity contribution < 1.29 is 36.3 Å². The summed E-state index contributed by atoms with van der Waals surface area (Å²) in [6, 6.07) is 4.28. The number of carboxylic acid groups (broad SMARTS) is 1. The molecule has 1 aliphatic rings. The Labute approximate surface area is 218 Å². The van der Waals surface area contributed by atoms with E-state index in [0.29, 0.717) is 46.0 Å². The highest BCUT2D eigenvalue weighted by Gasteiger charge is 2.38. The molecule has 3 heterocycles. The number of sulfonamides is 1. The number of carbonyl (C=O) groups excluding carboxylic acids is 1. The maximum absolute atomic E-state index is 12.5. The molecule has 0 saturated carbocycles. The van der Waals surface area contributed by atoms with Gasteiger partial charge < -0.3 is 15.0 Å². The van der Waals surface area contributed by atoms with E-state index in [4.69, 9.17) is 38.9 Å². The number of anilines is 1. The number of amides is 1. The van der Waals surface area contributed by atoms with E-state index < -0.39 is 28.2 Å². The van der Waals surface area contributed by atoms with Crippen LogP contribution in [0.2, 0.25) is 9.36 Å². The molecule has 0 spiro atoms. The Kier molecular flexibility index (Phi) is 10.5. The first-order chi connectivity index (χ1) is 16.7. The predicted octanol–water partition coefficient (Wildman–Crippen LogP) is 2.95. The van der Waals surface area contributed by atoms with Crippen LogP contribution in [0.15, 0.2) is 36.0 Å². The maximum Gasteiger partial charge on any atom is 0.490 e. The summed E-state index contributed by atoms with van der Waals surface area (Å²) in [6.45, 7) is 1.12. The summed E-state index contributed by atoms with van der Waals surface area (Å²) in [5, 5.41) is 10.0. The van der Waals surface area contributed by atoms with E-state index in [2.05, 4.69) is 9.71 Å². The largest absolute Gasteiger partial charge is 0.490 e. The van der Waals surface area contributed by atoms with E-state index in [-0.39, 0.29) is 5.91 Å². The van der Waals surface area contributed by atoms with Gasteiger partial charge in [-0.3, -0.25) is 9.78 Å². The molecule has 1 fully saturated rings. The van der Waals surface area contributed by atoms with Crippen LogP contribution >= 0.6 is 34.5 Å². The Hall–Kier alpha value is -2.43. The van der Waals surface area contributed by atoms with E-state index in [1.807, 2.05) is 0 Å². The van der Waals surface area contributed by atoms with E-state index >= 15 is 0 Å². The lowest BCUT2D eigenvalue weighted by molar-refractivity contribution is -0.192. The molecule has 0 radical (unpaired) electrons. The highest BCUT2D eigenvalue weighted by Crippen LogP contribution is 2.23. The fraction of sp³-hybridized carbons (Fsp3) is 0.316. The minimum absolute atomic E-state index is 0.282. The number of thiophene rings is 1. The number of rotatable bonds is 8. The Balaban J connectivity index is 0.000000572. The number of nitrogens with one attached hydrogen (secondary N) is 1. The van der Waals surface area contributed by atoms with Crippen molar-refractivity contribution in [2.45, 2.75) is 18.6 Å². The lowest BCUT2D eigenvalue weighted by Gasteiger charge is -2.23. The quantitative estimate of drug-likeness (QED) is 0.314. The fourth-order valence-corrected chi connectivity index (χ4v) is 5.13. The lowest BCUT2D eigenvalue weighted by Crippen LogP contribution is -2.44. The molecule has 1 amide bonds. The first-order valence-corrected chi connectivity index (χ1v) is 13.0. The molecule has 0 unspecified atom stereocenters. The van der Waals surface area contributed by atoms with Crippen LogP contribution in [0.25, 0.3) is 6.08 Å². The lowest BCUT2D eigenvalue weighted by atomic mass is 10.3. The molecule has 0 aliphatic carbocycles. The maximum atomic E-state index is 12.5. The molecule has 4 N–H and O–H groups in total. The number of nitrogens with two attached hydrogens (primary N) is 1. The van der Waals surface area contributed by atoms with Crippen LogP contribution in [-0.2, 0) is 19.6 Å². The topological polar surface area (TPSA) is 146 Å². The third-order valence-electron chi connectivity index (χ3n) is 4.52. The molecule has 198 valence electrons. The molecular weight excluding hydrogens is 570 g/mol. The van der Waals surface area contributed by atoms with Crippen molar-refractivity contribution in [1.82, 2.24) is 14.6 Å². The van der Waals surface area contributed by atoms with Gasteiger partial charge in [0.15, 0.2) is 0 Å².